The molecule has 0 aromatic rings. The lowest BCUT2D eigenvalue weighted by Crippen LogP contribution is -2.50. The van der Waals surface area contributed by atoms with E-state index in [1.54, 1.807) is 0 Å². The zero-order chi connectivity index (χ0) is 13.7. The molecular formula is C15H29N3O. The monoisotopic (exact) mass is 267 g/mol. The molecule has 0 radical (unpaired) electrons. The predicted octanol–water partition coefficient (Wildman–Crippen LogP) is 1.49. The fraction of sp³-hybridized carbons (Fsp3) is 0.933. The highest BCUT2D eigenvalue weighted by Gasteiger charge is 2.28. The summed E-state index contributed by atoms with van der Waals surface area (Å²) >= 11 is 0. The summed E-state index contributed by atoms with van der Waals surface area (Å²) in [5.41, 5.74) is 5.65. The first kappa shape index (κ1) is 14.8. The maximum atomic E-state index is 12.3. The van der Waals surface area contributed by atoms with Crippen LogP contribution in [0.4, 0.5) is 0 Å². The molecule has 1 aliphatic heterocycles. The number of nitrogens with zero attached hydrogens (tertiary/aromatic N) is 1. The van der Waals surface area contributed by atoms with E-state index in [2.05, 4.69) is 17.1 Å². The Balaban J connectivity index is 1.80. The van der Waals surface area contributed by atoms with Gasteiger partial charge in [0.05, 0.1) is 6.04 Å². The van der Waals surface area contributed by atoms with Crippen LogP contribution in [0.25, 0.3) is 0 Å². The quantitative estimate of drug-likeness (QED) is 0.793. The second kappa shape index (κ2) is 7.25. The normalized spacial score (nSPS) is 27.4. The van der Waals surface area contributed by atoms with E-state index in [1.165, 1.54) is 25.7 Å². The molecule has 2 aliphatic rings. The van der Waals surface area contributed by atoms with E-state index in [0.717, 1.165) is 38.9 Å². The number of hydrogen-bond donors (Lipinski definition) is 2. The van der Waals surface area contributed by atoms with Crippen molar-refractivity contribution in [3.63, 3.8) is 0 Å². The number of piperidine rings is 1. The van der Waals surface area contributed by atoms with E-state index in [9.17, 15) is 4.79 Å². The summed E-state index contributed by atoms with van der Waals surface area (Å²) in [6, 6.07) is 0.445. The Morgan fingerprint density at radius 3 is 2.74 bits per heavy atom. The topological polar surface area (TPSA) is 58.4 Å². The van der Waals surface area contributed by atoms with Crippen molar-refractivity contribution in [3.8, 4) is 0 Å². The lowest BCUT2D eigenvalue weighted by molar-refractivity contribution is -0.127. The van der Waals surface area contributed by atoms with Gasteiger partial charge in [-0.1, -0.05) is 12.8 Å². The van der Waals surface area contributed by atoms with Crippen LogP contribution in [0.15, 0.2) is 0 Å². The summed E-state index contributed by atoms with van der Waals surface area (Å²) in [7, 11) is 0. The third-order valence-electron chi connectivity index (χ3n) is 4.75. The van der Waals surface area contributed by atoms with E-state index in [0.29, 0.717) is 12.0 Å². The zero-order valence-corrected chi connectivity index (χ0v) is 12.2. The zero-order valence-electron chi connectivity index (χ0n) is 12.2. The van der Waals surface area contributed by atoms with E-state index < -0.39 is 0 Å². The standard InChI is InChI=1S/C15H29N3O/c1-12(15(19)17-14-6-2-3-7-14)18-10-4-5-13(11-18)8-9-16/h12-14H,2-11,16H2,1H3,(H,17,19). The third-order valence-corrected chi connectivity index (χ3v) is 4.75. The Labute approximate surface area is 117 Å². The number of hydrogen-bond acceptors (Lipinski definition) is 3. The van der Waals surface area contributed by atoms with Crippen molar-refractivity contribution >= 4 is 5.91 Å². The summed E-state index contributed by atoms with van der Waals surface area (Å²) in [6.07, 6.45) is 8.41. The summed E-state index contributed by atoms with van der Waals surface area (Å²) in [5.74, 6) is 0.903. The average Bonchev–Trinajstić information content (AvgIpc) is 2.91. The number of nitrogens with one attached hydrogen (secondary N) is 1. The predicted molar refractivity (Wildman–Crippen MR) is 77.8 cm³/mol. The molecule has 110 valence electrons. The van der Waals surface area contributed by atoms with Crippen molar-refractivity contribution in [2.75, 3.05) is 19.6 Å². The minimum Gasteiger partial charge on any atom is -0.352 e. The van der Waals surface area contributed by atoms with Gasteiger partial charge in [-0.15, -0.1) is 0 Å². The van der Waals surface area contributed by atoms with Crippen LogP contribution in [0.1, 0.15) is 51.9 Å². The molecule has 2 atom stereocenters. The Bertz CT molecular complexity index is 287. The van der Waals surface area contributed by atoms with Gasteiger partial charge in [0.25, 0.3) is 0 Å². The van der Waals surface area contributed by atoms with Crippen molar-refractivity contribution in [2.24, 2.45) is 11.7 Å². The van der Waals surface area contributed by atoms with Crippen LogP contribution >= 0.6 is 0 Å². The Hall–Kier alpha value is -0.610. The van der Waals surface area contributed by atoms with Gasteiger partial charge in [-0.05, 0) is 58.0 Å². The van der Waals surface area contributed by atoms with Gasteiger partial charge < -0.3 is 11.1 Å². The lowest BCUT2D eigenvalue weighted by Gasteiger charge is -2.36. The molecule has 1 saturated carbocycles. The second-order valence-corrected chi connectivity index (χ2v) is 6.25. The van der Waals surface area contributed by atoms with Crippen LogP contribution in [-0.4, -0.2) is 42.5 Å². The minimum atomic E-state index is 0.0150. The highest BCUT2D eigenvalue weighted by molar-refractivity contribution is 5.81. The summed E-state index contributed by atoms with van der Waals surface area (Å²) < 4.78 is 0. The number of rotatable bonds is 5. The van der Waals surface area contributed by atoms with E-state index in [4.69, 9.17) is 5.73 Å². The number of likely N-dealkylation sites (tertiary alicyclic amines) is 1. The first-order valence-electron chi connectivity index (χ1n) is 7.95. The van der Waals surface area contributed by atoms with Gasteiger partial charge in [0.2, 0.25) is 5.91 Å². The highest BCUT2D eigenvalue weighted by Crippen LogP contribution is 2.22. The number of carbonyl (C=O) groups excluding carboxylic acids is 1. The van der Waals surface area contributed by atoms with Crippen LogP contribution in [0, 0.1) is 5.92 Å². The molecule has 2 unspecified atom stereocenters. The summed E-state index contributed by atoms with van der Waals surface area (Å²) in [4.78, 5) is 14.6. The first-order valence-corrected chi connectivity index (χ1v) is 7.95. The van der Waals surface area contributed by atoms with Gasteiger partial charge in [-0.2, -0.15) is 0 Å². The molecule has 3 N–H and O–H groups in total. The molecule has 1 heterocycles. The Morgan fingerprint density at radius 1 is 1.32 bits per heavy atom. The van der Waals surface area contributed by atoms with Crippen LogP contribution in [-0.2, 0) is 4.79 Å². The molecule has 0 aromatic heterocycles. The van der Waals surface area contributed by atoms with Gasteiger partial charge in [0.1, 0.15) is 0 Å². The number of amides is 1. The van der Waals surface area contributed by atoms with Crippen LogP contribution in [0.5, 0.6) is 0 Å². The second-order valence-electron chi connectivity index (χ2n) is 6.25. The van der Waals surface area contributed by atoms with E-state index in [1.807, 2.05) is 0 Å². The fourth-order valence-corrected chi connectivity index (χ4v) is 3.48. The van der Waals surface area contributed by atoms with Crippen molar-refractivity contribution in [1.29, 1.82) is 0 Å². The Morgan fingerprint density at radius 2 is 2.05 bits per heavy atom. The van der Waals surface area contributed by atoms with Gasteiger partial charge in [0.15, 0.2) is 0 Å². The minimum absolute atomic E-state index is 0.0150. The maximum Gasteiger partial charge on any atom is 0.237 e. The number of nitrogens with two attached hydrogens (primary N) is 1. The molecule has 1 saturated heterocycles. The van der Waals surface area contributed by atoms with Crippen molar-refractivity contribution in [2.45, 2.75) is 64.0 Å². The molecule has 0 spiro atoms. The molecule has 4 nitrogen and oxygen atoms in total. The highest BCUT2D eigenvalue weighted by atomic mass is 16.2. The molecule has 19 heavy (non-hydrogen) atoms. The van der Waals surface area contributed by atoms with E-state index >= 15 is 0 Å². The molecule has 2 fully saturated rings. The van der Waals surface area contributed by atoms with Gasteiger partial charge in [-0.25, -0.2) is 0 Å². The van der Waals surface area contributed by atoms with Gasteiger partial charge >= 0.3 is 0 Å². The molecule has 1 amide bonds. The van der Waals surface area contributed by atoms with Crippen molar-refractivity contribution < 1.29 is 4.79 Å². The van der Waals surface area contributed by atoms with Gasteiger partial charge in [-0.3, -0.25) is 9.69 Å². The maximum absolute atomic E-state index is 12.3. The third kappa shape index (κ3) is 4.18. The van der Waals surface area contributed by atoms with Crippen molar-refractivity contribution in [3.05, 3.63) is 0 Å². The molecule has 0 bridgehead atoms. The van der Waals surface area contributed by atoms with Crippen LogP contribution < -0.4 is 11.1 Å². The fourth-order valence-electron chi connectivity index (χ4n) is 3.48. The van der Waals surface area contributed by atoms with Crippen LogP contribution in [0.2, 0.25) is 0 Å². The largest absolute Gasteiger partial charge is 0.352 e. The van der Waals surface area contributed by atoms with Crippen molar-refractivity contribution in [1.82, 2.24) is 10.2 Å². The Kier molecular flexibility index (Phi) is 5.64. The average molecular weight is 267 g/mol. The van der Waals surface area contributed by atoms with E-state index in [-0.39, 0.29) is 11.9 Å². The summed E-state index contributed by atoms with van der Waals surface area (Å²) in [5, 5.41) is 3.22. The summed E-state index contributed by atoms with van der Waals surface area (Å²) in [6.45, 7) is 4.91. The SMILES string of the molecule is CC(C(=O)NC1CCCC1)N1CCCC(CCN)C1. The lowest BCUT2D eigenvalue weighted by atomic mass is 9.94. The molecule has 4 heteroatoms. The smallest absolute Gasteiger partial charge is 0.237 e. The van der Waals surface area contributed by atoms with Crippen LogP contribution in [0.3, 0.4) is 0 Å². The molecule has 0 aromatic carbocycles. The molecule has 1 aliphatic carbocycles. The number of carbonyl (C=O) groups is 1. The van der Waals surface area contributed by atoms with Gasteiger partial charge in [0, 0.05) is 12.6 Å². The molecule has 2 rings (SSSR count). The molecular weight excluding hydrogens is 238 g/mol. The first-order chi connectivity index (χ1) is 9.20.